The van der Waals surface area contributed by atoms with Crippen molar-refractivity contribution in [1.29, 1.82) is 0 Å². The van der Waals surface area contributed by atoms with Gasteiger partial charge in [-0.05, 0) is 36.1 Å². The maximum atomic E-state index is 12.1. The average molecular weight is 236 g/mol. The van der Waals surface area contributed by atoms with E-state index in [9.17, 15) is 4.79 Å². The zero-order chi connectivity index (χ0) is 12.2. The lowest BCUT2D eigenvalue weighted by atomic mass is 9.89. The third-order valence-corrected chi connectivity index (χ3v) is 4.03. The molecule has 1 aromatic carbocycles. The molecule has 88 valence electrons. The molecule has 2 heterocycles. The van der Waals surface area contributed by atoms with Crippen LogP contribution in [-0.4, -0.2) is 10.9 Å². The molecule has 3 heteroatoms. The Kier molecular flexibility index (Phi) is 1.74. The summed E-state index contributed by atoms with van der Waals surface area (Å²) in [7, 11) is 0. The minimum Gasteiger partial charge on any atom is -0.337 e. The highest BCUT2D eigenvalue weighted by Crippen LogP contribution is 2.45. The number of carbonyl (C=O) groups is 1. The number of nitrogens with one attached hydrogen (secondary N) is 1. The molecule has 1 atom stereocenters. The molecule has 18 heavy (non-hydrogen) atoms. The maximum absolute atomic E-state index is 12.1. The summed E-state index contributed by atoms with van der Waals surface area (Å²) in [5, 5.41) is 3.15. The molecule has 2 aliphatic rings. The van der Waals surface area contributed by atoms with Gasteiger partial charge in [-0.15, -0.1) is 0 Å². The first-order valence-corrected chi connectivity index (χ1v) is 6.18. The lowest BCUT2D eigenvalue weighted by molar-refractivity contribution is 0.0940. The Bertz CT molecular complexity index is 665. The number of nitrogens with zero attached hydrogens (tertiary/aromatic N) is 1. The van der Waals surface area contributed by atoms with Crippen molar-refractivity contribution >= 4 is 5.91 Å². The van der Waals surface area contributed by atoms with Gasteiger partial charge in [-0.25, -0.2) is 0 Å². The molecule has 2 aromatic rings. The van der Waals surface area contributed by atoms with E-state index in [0.29, 0.717) is 5.56 Å². The third-order valence-electron chi connectivity index (χ3n) is 4.03. The molecular formula is C15H12N2O. The van der Waals surface area contributed by atoms with Gasteiger partial charge < -0.3 is 5.32 Å². The van der Waals surface area contributed by atoms with E-state index in [1.54, 1.807) is 6.20 Å². The number of hydrogen-bond acceptors (Lipinski definition) is 2. The zero-order valence-corrected chi connectivity index (χ0v) is 9.81. The Hall–Kier alpha value is -2.16. The van der Waals surface area contributed by atoms with Crippen LogP contribution in [0.2, 0.25) is 0 Å². The van der Waals surface area contributed by atoms with Gasteiger partial charge in [0.2, 0.25) is 0 Å². The van der Waals surface area contributed by atoms with Crippen LogP contribution in [-0.2, 0) is 12.0 Å². The van der Waals surface area contributed by atoms with E-state index < -0.39 is 0 Å². The molecule has 1 aromatic heterocycles. The number of pyridine rings is 1. The van der Waals surface area contributed by atoms with Crippen molar-refractivity contribution in [1.82, 2.24) is 10.3 Å². The summed E-state index contributed by atoms with van der Waals surface area (Å²) < 4.78 is 0. The van der Waals surface area contributed by atoms with Gasteiger partial charge in [0.25, 0.3) is 5.91 Å². The van der Waals surface area contributed by atoms with Crippen molar-refractivity contribution < 1.29 is 4.79 Å². The molecule has 1 spiro atoms. The van der Waals surface area contributed by atoms with Crippen molar-refractivity contribution in [3.8, 4) is 0 Å². The Labute approximate surface area is 105 Å². The molecule has 4 rings (SSSR count). The molecule has 1 aliphatic carbocycles. The minimum atomic E-state index is -0.385. The highest BCUT2D eigenvalue weighted by molar-refractivity contribution is 6.00. The SMILES string of the molecule is O=C1NC2(CCc3ccccc32)c2ncccc21. The zero-order valence-electron chi connectivity index (χ0n) is 9.81. The lowest BCUT2D eigenvalue weighted by Crippen LogP contribution is -2.38. The van der Waals surface area contributed by atoms with E-state index in [2.05, 4.69) is 22.4 Å². The largest absolute Gasteiger partial charge is 0.337 e. The molecule has 3 nitrogen and oxygen atoms in total. The Morgan fingerprint density at radius 2 is 2.06 bits per heavy atom. The monoisotopic (exact) mass is 236 g/mol. The van der Waals surface area contributed by atoms with E-state index in [0.717, 1.165) is 18.5 Å². The molecule has 0 saturated carbocycles. The molecule has 1 unspecified atom stereocenters. The highest BCUT2D eigenvalue weighted by Gasteiger charge is 2.48. The first-order valence-electron chi connectivity index (χ1n) is 6.18. The predicted octanol–water partition coefficient (Wildman–Crippen LogP) is 2.01. The molecule has 1 N–H and O–H groups in total. The fraction of sp³-hybridized carbons (Fsp3) is 0.200. The van der Waals surface area contributed by atoms with Crippen LogP contribution in [0.3, 0.4) is 0 Å². The van der Waals surface area contributed by atoms with Crippen LogP contribution in [0.5, 0.6) is 0 Å². The number of carbonyl (C=O) groups excluding carboxylic acids is 1. The first-order chi connectivity index (χ1) is 8.81. The van der Waals surface area contributed by atoms with Crippen molar-refractivity contribution in [2.24, 2.45) is 0 Å². The van der Waals surface area contributed by atoms with Crippen LogP contribution in [0, 0.1) is 0 Å². The smallest absolute Gasteiger partial charge is 0.254 e. The molecule has 0 bridgehead atoms. The summed E-state index contributed by atoms with van der Waals surface area (Å²) in [6, 6.07) is 12.0. The van der Waals surface area contributed by atoms with Gasteiger partial charge in [-0.2, -0.15) is 0 Å². The fourth-order valence-corrected chi connectivity index (χ4v) is 3.24. The van der Waals surface area contributed by atoms with Crippen LogP contribution < -0.4 is 5.32 Å². The summed E-state index contributed by atoms with van der Waals surface area (Å²) in [6.07, 6.45) is 3.66. The second-order valence-corrected chi connectivity index (χ2v) is 4.92. The summed E-state index contributed by atoms with van der Waals surface area (Å²) >= 11 is 0. The normalized spacial score (nSPS) is 23.9. The Morgan fingerprint density at radius 1 is 1.17 bits per heavy atom. The lowest BCUT2D eigenvalue weighted by Gasteiger charge is -2.25. The van der Waals surface area contributed by atoms with Crippen LogP contribution in [0.4, 0.5) is 0 Å². The summed E-state index contributed by atoms with van der Waals surface area (Å²) in [5.41, 5.74) is 3.74. The highest BCUT2D eigenvalue weighted by atomic mass is 16.2. The number of aryl methyl sites for hydroxylation is 1. The van der Waals surface area contributed by atoms with Gasteiger partial charge in [0, 0.05) is 6.20 Å². The number of amides is 1. The topological polar surface area (TPSA) is 42.0 Å². The number of fused-ring (bicyclic) bond motifs is 4. The van der Waals surface area contributed by atoms with Gasteiger partial charge in [0.1, 0.15) is 5.54 Å². The Morgan fingerprint density at radius 3 is 3.00 bits per heavy atom. The van der Waals surface area contributed by atoms with E-state index >= 15 is 0 Å². The average Bonchev–Trinajstić information content (AvgIpc) is 2.92. The van der Waals surface area contributed by atoms with Crippen LogP contribution in [0.25, 0.3) is 0 Å². The summed E-state index contributed by atoms with van der Waals surface area (Å²) in [6.45, 7) is 0. The maximum Gasteiger partial charge on any atom is 0.254 e. The Balaban J connectivity index is 2.01. The van der Waals surface area contributed by atoms with Crippen molar-refractivity contribution in [3.05, 3.63) is 65.0 Å². The quantitative estimate of drug-likeness (QED) is 0.760. The van der Waals surface area contributed by atoms with Crippen molar-refractivity contribution in [2.75, 3.05) is 0 Å². The van der Waals surface area contributed by atoms with Crippen molar-refractivity contribution in [3.63, 3.8) is 0 Å². The van der Waals surface area contributed by atoms with Crippen LogP contribution in [0.15, 0.2) is 42.6 Å². The van der Waals surface area contributed by atoms with Crippen LogP contribution >= 0.6 is 0 Å². The summed E-state index contributed by atoms with van der Waals surface area (Å²) in [5.74, 6) is -0.00481. The van der Waals surface area contributed by atoms with Gasteiger partial charge in [-0.1, -0.05) is 24.3 Å². The van der Waals surface area contributed by atoms with Gasteiger partial charge in [-0.3, -0.25) is 9.78 Å². The van der Waals surface area contributed by atoms with E-state index in [-0.39, 0.29) is 11.4 Å². The molecule has 1 aliphatic heterocycles. The van der Waals surface area contributed by atoms with Gasteiger partial charge in [0.15, 0.2) is 0 Å². The number of aromatic nitrogens is 1. The van der Waals surface area contributed by atoms with E-state index in [4.69, 9.17) is 0 Å². The second kappa shape index (κ2) is 3.19. The summed E-state index contributed by atoms with van der Waals surface area (Å²) in [4.78, 5) is 16.5. The van der Waals surface area contributed by atoms with E-state index in [1.165, 1.54) is 11.1 Å². The molecular weight excluding hydrogens is 224 g/mol. The first kappa shape index (κ1) is 9.83. The van der Waals surface area contributed by atoms with E-state index in [1.807, 2.05) is 24.3 Å². The van der Waals surface area contributed by atoms with Crippen LogP contribution in [0.1, 0.15) is 33.6 Å². The minimum absolute atomic E-state index is 0.00481. The molecule has 1 amide bonds. The third kappa shape index (κ3) is 1.04. The molecule has 0 radical (unpaired) electrons. The predicted molar refractivity (Wildman–Crippen MR) is 67.2 cm³/mol. The number of rotatable bonds is 0. The second-order valence-electron chi connectivity index (χ2n) is 4.92. The van der Waals surface area contributed by atoms with Gasteiger partial charge in [0.05, 0.1) is 11.3 Å². The van der Waals surface area contributed by atoms with Crippen molar-refractivity contribution in [2.45, 2.75) is 18.4 Å². The van der Waals surface area contributed by atoms with Gasteiger partial charge >= 0.3 is 0 Å². The number of benzene rings is 1. The fourth-order valence-electron chi connectivity index (χ4n) is 3.24. The molecule has 0 fully saturated rings. The molecule has 0 saturated heterocycles. The standard InChI is InChI=1S/C15H12N2O/c18-14-11-5-3-9-16-13(11)15(17-14)8-7-10-4-1-2-6-12(10)15/h1-6,9H,7-8H2,(H,17,18). The number of hydrogen-bond donors (Lipinski definition) is 1.